The molecule has 3 aromatic rings. The molecule has 1 N–H and O–H groups in total. The lowest BCUT2D eigenvalue weighted by Crippen LogP contribution is -2.51. The molecule has 2 saturated heterocycles. The topological polar surface area (TPSA) is 67.2 Å². The van der Waals surface area contributed by atoms with Gasteiger partial charge in [0.1, 0.15) is 6.33 Å². The Balaban J connectivity index is 1.39. The highest BCUT2D eigenvalue weighted by Gasteiger charge is 2.33. The molecule has 0 radical (unpaired) electrons. The number of carbonyl (C=O) groups is 1. The largest absolute Gasteiger partial charge is 0.352 e. The monoisotopic (exact) mass is 416 g/mol. The fraction of sp³-hybridized carbons (Fsp3) is 0.400. The Morgan fingerprint density at radius 2 is 1.81 bits per heavy atom. The van der Waals surface area contributed by atoms with E-state index in [9.17, 15) is 9.59 Å². The van der Waals surface area contributed by atoms with E-state index in [1.165, 1.54) is 49.7 Å². The van der Waals surface area contributed by atoms with E-state index in [2.05, 4.69) is 15.2 Å². The standard InChI is InChI=1S/C25H28N4O2/c30-24(26-16-18-8-7-15-28-14-6-5-12-22(18)28)20-10-2-4-13-23(20)29-17-27-21-11-3-1-9-19(21)25(29)31/h1-4,9-11,13,17-18,22H,5-8,12,14-16H2,(H,26,30)/t18-,22+/m1/s1. The summed E-state index contributed by atoms with van der Waals surface area (Å²) in [7, 11) is 0. The summed E-state index contributed by atoms with van der Waals surface area (Å²) in [6.07, 6.45) is 7.68. The average Bonchev–Trinajstić information content (AvgIpc) is 2.83. The smallest absolute Gasteiger partial charge is 0.265 e. The molecule has 2 atom stereocenters. The third kappa shape index (κ3) is 3.88. The summed E-state index contributed by atoms with van der Waals surface area (Å²) in [6, 6.07) is 15.1. The van der Waals surface area contributed by atoms with Gasteiger partial charge in [0.15, 0.2) is 0 Å². The predicted octanol–water partition coefficient (Wildman–Crippen LogP) is 3.38. The molecule has 1 amide bonds. The van der Waals surface area contributed by atoms with E-state index in [0.29, 0.717) is 40.7 Å². The second-order valence-corrected chi connectivity index (χ2v) is 8.67. The Labute approximate surface area is 181 Å². The number of benzene rings is 2. The summed E-state index contributed by atoms with van der Waals surface area (Å²) >= 11 is 0. The summed E-state index contributed by atoms with van der Waals surface area (Å²) in [5.74, 6) is 0.360. The number of hydrogen-bond acceptors (Lipinski definition) is 4. The zero-order chi connectivity index (χ0) is 21.2. The third-order valence-electron chi connectivity index (χ3n) is 6.83. The zero-order valence-corrected chi connectivity index (χ0v) is 17.7. The number of aromatic nitrogens is 2. The number of fused-ring (bicyclic) bond motifs is 2. The van der Waals surface area contributed by atoms with Crippen LogP contribution in [0.5, 0.6) is 0 Å². The predicted molar refractivity (Wildman–Crippen MR) is 122 cm³/mol. The van der Waals surface area contributed by atoms with Gasteiger partial charge < -0.3 is 10.2 Å². The van der Waals surface area contributed by atoms with Crippen LogP contribution in [-0.4, -0.2) is 46.0 Å². The van der Waals surface area contributed by atoms with Crippen molar-refractivity contribution in [2.75, 3.05) is 19.6 Å². The number of nitrogens with one attached hydrogen (secondary N) is 1. The van der Waals surface area contributed by atoms with Crippen LogP contribution in [0.15, 0.2) is 59.7 Å². The van der Waals surface area contributed by atoms with Crippen molar-refractivity contribution < 1.29 is 4.79 Å². The first-order chi connectivity index (χ1) is 15.2. The summed E-state index contributed by atoms with van der Waals surface area (Å²) < 4.78 is 1.47. The molecule has 31 heavy (non-hydrogen) atoms. The molecule has 1 aromatic heterocycles. The minimum Gasteiger partial charge on any atom is -0.352 e. The van der Waals surface area contributed by atoms with Crippen LogP contribution >= 0.6 is 0 Å². The average molecular weight is 417 g/mol. The van der Waals surface area contributed by atoms with Crippen molar-refractivity contribution in [2.45, 2.75) is 38.1 Å². The van der Waals surface area contributed by atoms with E-state index in [4.69, 9.17) is 0 Å². The van der Waals surface area contributed by atoms with Gasteiger partial charge in [-0.15, -0.1) is 0 Å². The second-order valence-electron chi connectivity index (χ2n) is 8.67. The van der Waals surface area contributed by atoms with Crippen molar-refractivity contribution >= 4 is 16.8 Å². The Morgan fingerprint density at radius 3 is 2.74 bits per heavy atom. The fourth-order valence-electron chi connectivity index (χ4n) is 5.25. The van der Waals surface area contributed by atoms with Gasteiger partial charge in [0.25, 0.3) is 11.5 Å². The van der Waals surface area contributed by atoms with Gasteiger partial charge in [-0.3, -0.25) is 14.2 Å². The Kier molecular flexibility index (Phi) is 5.55. The molecule has 3 heterocycles. The van der Waals surface area contributed by atoms with E-state index in [0.717, 1.165) is 6.42 Å². The van der Waals surface area contributed by atoms with Gasteiger partial charge in [-0.2, -0.15) is 0 Å². The molecule has 2 aromatic carbocycles. The van der Waals surface area contributed by atoms with Crippen LogP contribution in [0.4, 0.5) is 0 Å². The highest BCUT2D eigenvalue weighted by atomic mass is 16.2. The van der Waals surface area contributed by atoms with Crippen LogP contribution < -0.4 is 10.9 Å². The molecule has 0 spiro atoms. The quantitative estimate of drug-likeness (QED) is 0.708. The number of piperidine rings is 2. The van der Waals surface area contributed by atoms with Crippen molar-refractivity contribution in [3.63, 3.8) is 0 Å². The minimum absolute atomic E-state index is 0.136. The van der Waals surface area contributed by atoms with Gasteiger partial charge in [0.2, 0.25) is 0 Å². The van der Waals surface area contributed by atoms with Gasteiger partial charge in [-0.05, 0) is 69.0 Å². The SMILES string of the molecule is O=C(NC[C@H]1CCCN2CCCC[C@@H]12)c1ccccc1-n1cnc2ccccc2c1=O. The van der Waals surface area contributed by atoms with Crippen molar-refractivity contribution in [3.05, 3.63) is 70.8 Å². The van der Waals surface area contributed by atoms with Crippen molar-refractivity contribution in [3.8, 4) is 5.69 Å². The van der Waals surface area contributed by atoms with E-state index >= 15 is 0 Å². The molecule has 2 fully saturated rings. The van der Waals surface area contributed by atoms with Gasteiger partial charge >= 0.3 is 0 Å². The van der Waals surface area contributed by atoms with E-state index in [-0.39, 0.29) is 11.5 Å². The summed E-state index contributed by atoms with van der Waals surface area (Å²) in [5, 5.41) is 3.71. The number of amides is 1. The number of hydrogen-bond donors (Lipinski definition) is 1. The molecule has 0 aliphatic carbocycles. The lowest BCUT2D eigenvalue weighted by atomic mass is 9.83. The maximum absolute atomic E-state index is 13.2. The highest BCUT2D eigenvalue weighted by molar-refractivity contribution is 5.97. The molecule has 6 nitrogen and oxygen atoms in total. The molecule has 2 aliphatic heterocycles. The van der Waals surface area contributed by atoms with Crippen molar-refractivity contribution in [1.82, 2.24) is 19.8 Å². The van der Waals surface area contributed by atoms with Crippen LogP contribution in [-0.2, 0) is 0 Å². The van der Waals surface area contributed by atoms with Crippen LogP contribution in [0, 0.1) is 5.92 Å². The van der Waals surface area contributed by atoms with Crippen LogP contribution in [0.2, 0.25) is 0 Å². The minimum atomic E-state index is -0.170. The second kappa shape index (κ2) is 8.63. The molecular weight excluding hydrogens is 388 g/mol. The highest BCUT2D eigenvalue weighted by Crippen LogP contribution is 2.30. The van der Waals surface area contributed by atoms with Gasteiger partial charge in [0, 0.05) is 12.6 Å². The maximum atomic E-state index is 13.2. The molecule has 5 rings (SSSR count). The lowest BCUT2D eigenvalue weighted by molar-refractivity contribution is 0.0575. The number of nitrogens with zero attached hydrogens (tertiary/aromatic N) is 3. The van der Waals surface area contributed by atoms with Crippen molar-refractivity contribution in [1.29, 1.82) is 0 Å². The van der Waals surface area contributed by atoms with Gasteiger partial charge in [0.05, 0.1) is 22.2 Å². The molecule has 0 saturated carbocycles. The molecule has 2 aliphatic rings. The molecule has 0 bridgehead atoms. The summed E-state index contributed by atoms with van der Waals surface area (Å²) in [5.41, 5.74) is 1.54. The van der Waals surface area contributed by atoms with Crippen LogP contribution in [0.1, 0.15) is 42.5 Å². The van der Waals surface area contributed by atoms with Crippen molar-refractivity contribution in [2.24, 2.45) is 5.92 Å². The van der Waals surface area contributed by atoms with Crippen LogP contribution in [0.3, 0.4) is 0 Å². The molecule has 6 heteroatoms. The zero-order valence-electron chi connectivity index (χ0n) is 17.7. The fourth-order valence-corrected chi connectivity index (χ4v) is 5.25. The van der Waals surface area contributed by atoms with E-state index < -0.39 is 0 Å². The lowest BCUT2D eigenvalue weighted by Gasteiger charge is -2.44. The van der Waals surface area contributed by atoms with Gasteiger partial charge in [-0.25, -0.2) is 4.98 Å². The molecular formula is C25H28N4O2. The molecule has 0 unspecified atom stereocenters. The maximum Gasteiger partial charge on any atom is 0.265 e. The van der Waals surface area contributed by atoms with E-state index in [1.54, 1.807) is 18.2 Å². The number of para-hydroxylation sites is 2. The van der Waals surface area contributed by atoms with Crippen LogP contribution in [0.25, 0.3) is 16.6 Å². The molecule has 160 valence electrons. The Hall–Kier alpha value is -2.99. The normalized spacial score (nSPS) is 21.5. The Bertz CT molecular complexity index is 1150. The summed E-state index contributed by atoms with van der Waals surface area (Å²) in [6.45, 7) is 3.06. The number of carbonyl (C=O) groups excluding carboxylic acids is 1. The number of rotatable bonds is 4. The Morgan fingerprint density at radius 1 is 1.00 bits per heavy atom. The van der Waals surface area contributed by atoms with E-state index in [1.807, 2.05) is 30.3 Å². The third-order valence-corrected chi connectivity index (χ3v) is 6.83. The first-order valence-electron chi connectivity index (χ1n) is 11.3. The first kappa shape index (κ1) is 19.9. The summed E-state index contributed by atoms with van der Waals surface area (Å²) in [4.78, 5) is 33.2. The van der Waals surface area contributed by atoms with Gasteiger partial charge in [-0.1, -0.05) is 30.7 Å². The first-order valence-corrected chi connectivity index (χ1v) is 11.3.